The van der Waals surface area contributed by atoms with Crippen LogP contribution in [-0.2, 0) is 10.3 Å². The van der Waals surface area contributed by atoms with Gasteiger partial charge in [0, 0.05) is 13.7 Å². The van der Waals surface area contributed by atoms with Gasteiger partial charge in [0.1, 0.15) is 5.82 Å². The molecule has 0 saturated heterocycles. The third-order valence-corrected chi connectivity index (χ3v) is 2.43. The van der Waals surface area contributed by atoms with E-state index in [1.165, 1.54) is 6.07 Å². The van der Waals surface area contributed by atoms with Crippen molar-refractivity contribution in [1.82, 2.24) is 10.3 Å². The van der Waals surface area contributed by atoms with Crippen LogP contribution in [0.3, 0.4) is 0 Å². The molecule has 0 bridgehead atoms. The minimum atomic E-state index is -0.674. The number of halogens is 1. The van der Waals surface area contributed by atoms with E-state index in [0.717, 1.165) is 6.20 Å². The monoisotopic (exact) mass is 228 g/mol. The van der Waals surface area contributed by atoms with Crippen molar-refractivity contribution in [2.75, 3.05) is 26.9 Å². The van der Waals surface area contributed by atoms with E-state index in [4.69, 9.17) is 4.74 Å². The first kappa shape index (κ1) is 13.0. The van der Waals surface area contributed by atoms with Crippen LogP contribution in [0.25, 0.3) is 0 Å². The summed E-state index contributed by atoms with van der Waals surface area (Å²) >= 11 is 0. The maximum atomic E-state index is 12.7. The van der Waals surface area contributed by atoms with Crippen molar-refractivity contribution in [3.8, 4) is 0 Å². The number of rotatable bonds is 6. The zero-order chi connectivity index (χ0) is 12.0. The van der Waals surface area contributed by atoms with Gasteiger partial charge in [-0.3, -0.25) is 4.98 Å². The molecule has 1 atom stereocenters. The average molecular weight is 228 g/mol. The van der Waals surface area contributed by atoms with E-state index in [0.29, 0.717) is 18.8 Å². The van der Waals surface area contributed by atoms with Gasteiger partial charge in [0.05, 0.1) is 30.6 Å². The lowest BCUT2D eigenvalue weighted by molar-refractivity contribution is 0.145. The predicted molar refractivity (Wildman–Crippen MR) is 58.5 cm³/mol. The Kier molecular flexibility index (Phi) is 4.79. The lowest BCUT2D eigenvalue weighted by atomic mass is 9.98. The molecule has 16 heavy (non-hydrogen) atoms. The molecule has 0 aromatic carbocycles. The highest BCUT2D eigenvalue weighted by Crippen LogP contribution is 2.17. The molecule has 0 fully saturated rings. The van der Waals surface area contributed by atoms with Gasteiger partial charge in [-0.1, -0.05) is 0 Å². The SMILES string of the molecule is COCCNC(C)(CO)c1ccc(F)cn1. The Morgan fingerprint density at radius 3 is 2.81 bits per heavy atom. The second-order valence-electron chi connectivity index (χ2n) is 3.77. The molecule has 1 aromatic heterocycles. The third kappa shape index (κ3) is 3.23. The third-order valence-electron chi connectivity index (χ3n) is 2.43. The molecule has 1 aromatic rings. The Bertz CT molecular complexity index is 318. The molecule has 1 heterocycles. The summed E-state index contributed by atoms with van der Waals surface area (Å²) in [5.41, 5.74) is -0.0702. The Labute approximate surface area is 94.5 Å². The minimum Gasteiger partial charge on any atom is -0.394 e. The standard InChI is InChI=1S/C11H17FN2O2/c1-11(8-15,14-5-6-16-2)10-4-3-9(12)7-13-10/h3-4,7,14-15H,5-6,8H2,1-2H3. The summed E-state index contributed by atoms with van der Waals surface area (Å²) in [6.45, 7) is 2.82. The minimum absolute atomic E-state index is 0.116. The summed E-state index contributed by atoms with van der Waals surface area (Å²) in [5, 5.41) is 12.5. The number of hydrogen-bond donors (Lipinski definition) is 2. The quantitative estimate of drug-likeness (QED) is 0.702. The molecule has 5 heteroatoms. The maximum absolute atomic E-state index is 12.7. The summed E-state index contributed by atoms with van der Waals surface area (Å²) < 4.78 is 17.6. The first-order valence-corrected chi connectivity index (χ1v) is 5.09. The van der Waals surface area contributed by atoms with Crippen molar-refractivity contribution < 1.29 is 14.2 Å². The summed E-state index contributed by atoms with van der Waals surface area (Å²) in [4.78, 5) is 3.96. The lowest BCUT2D eigenvalue weighted by Crippen LogP contribution is -2.45. The van der Waals surface area contributed by atoms with Gasteiger partial charge in [-0.25, -0.2) is 4.39 Å². The van der Waals surface area contributed by atoms with Gasteiger partial charge in [-0.05, 0) is 19.1 Å². The fraction of sp³-hybridized carbons (Fsp3) is 0.545. The first-order valence-electron chi connectivity index (χ1n) is 5.09. The fourth-order valence-electron chi connectivity index (χ4n) is 1.36. The zero-order valence-electron chi connectivity index (χ0n) is 9.53. The van der Waals surface area contributed by atoms with Gasteiger partial charge in [0.2, 0.25) is 0 Å². The Balaban J connectivity index is 2.74. The lowest BCUT2D eigenvalue weighted by Gasteiger charge is -2.28. The van der Waals surface area contributed by atoms with Crippen molar-refractivity contribution in [2.24, 2.45) is 0 Å². The summed E-state index contributed by atoms with van der Waals surface area (Å²) in [6.07, 6.45) is 1.14. The van der Waals surface area contributed by atoms with Crippen LogP contribution < -0.4 is 5.32 Å². The van der Waals surface area contributed by atoms with Crippen LogP contribution in [0.5, 0.6) is 0 Å². The van der Waals surface area contributed by atoms with E-state index in [9.17, 15) is 9.50 Å². The molecule has 2 N–H and O–H groups in total. The van der Waals surface area contributed by atoms with Crippen molar-refractivity contribution in [1.29, 1.82) is 0 Å². The molecular weight excluding hydrogens is 211 g/mol. The largest absolute Gasteiger partial charge is 0.394 e. The molecule has 0 amide bonds. The van der Waals surface area contributed by atoms with Crippen molar-refractivity contribution >= 4 is 0 Å². The average Bonchev–Trinajstić information content (AvgIpc) is 2.30. The molecule has 0 radical (unpaired) electrons. The van der Waals surface area contributed by atoms with Crippen LogP contribution in [0.15, 0.2) is 18.3 Å². The number of aromatic nitrogens is 1. The second-order valence-corrected chi connectivity index (χ2v) is 3.77. The highest BCUT2D eigenvalue weighted by molar-refractivity contribution is 5.15. The van der Waals surface area contributed by atoms with Gasteiger partial charge in [-0.2, -0.15) is 0 Å². The van der Waals surface area contributed by atoms with E-state index >= 15 is 0 Å². The molecular formula is C11H17FN2O2. The van der Waals surface area contributed by atoms with Crippen LogP contribution in [-0.4, -0.2) is 37.0 Å². The van der Waals surface area contributed by atoms with Gasteiger partial charge in [0.25, 0.3) is 0 Å². The normalized spacial score (nSPS) is 14.8. The Morgan fingerprint density at radius 2 is 2.31 bits per heavy atom. The summed E-state index contributed by atoms with van der Waals surface area (Å²) in [6, 6.07) is 2.89. The molecule has 0 spiro atoms. The molecule has 0 aliphatic rings. The summed E-state index contributed by atoms with van der Waals surface area (Å²) in [5.74, 6) is -0.388. The van der Waals surface area contributed by atoms with E-state index < -0.39 is 5.54 Å². The molecule has 0 aliphatic heterocycles. The van der Waals surface area contributed by atoms with Crippen LogP contribution in [0, 0.1) is 5.82 Å². The maximum Gasteiger partial charge on any atom is 0.141 e. The number of methoxy groups -OCH3 is 1. The Morgan fingerprint density at radius 1 is 1.56 bits per heavy atom. The number of hydrogen-bond acceptors (Lipinski definition) is 4. The van der Waals surface area contributed by atoms with Gasteiger partial charge >= 0.3 is 0 Å². The number of nitrogens with one attached hydrogen (secondary N) is 1. The van der Waals surface area contributed by atoms with Crippen LogP contribution in [0.4, 0.5) is 4.39 Å². The fourth-order valence-corrected chi connectivity index (χ4v) is 1.36. The van der Waals surface area contributed by atoms with Crippen LogP contribution >= 0.6 is 0 Å². The van der Waals surface area contributed by atoms with E-state index in [1.807, 2.05) is 6.92 Å². The van der Waals surface area contributed by atoms with Crippen LogP contribution in [0.1, 0.15) is 12.6 Å². The predicted octanol–water partition coefficient (Wildman–Crippen LogP) is 0.664. The van der Waals surface area contributed by atoms with Crippen molar-refractivity contribution in [3.63, 3.8) is 0 Å². The highest BCUT2D eigenvalue weighted by atomic mass is 19.1. The van der Waals surface area contributed by atoms with Crippen molar-refractivity contribution in [2.45, 2.75) is 12.5 Å². The van der Waals surface area contributed by atoms with Gasteiger partial charge < -0.3 is 15.2 Å². The van der Waals surface area contributed by atoms with Gasteiger partial charge in [-0.15, -0.1) is 0 Å². The van der Waals surface area contributed by atoms with E-state index in [-0.39, 0.29) is 12.4 Å². The number of aliphatic hydroxyl groups excluding tert-OH is 1. The van der Waals surface area contributed by atoms with Gasteiger partial charge in [0.15, 0.2) is 0 Å². The van der Waals surface area contributed by atoms with E-state index in [2.05, 4.69) is 10.3 Å². The molecule has 1 unspecified atom stereocenters. The number of nitrogens with zero attached hydrogens (tertiary/aromatic N) is 1. The molecule has 90 valence electrons. The molecule has 0 aliphatic carbocycles. The number of aliphatic hydroxyl groups is 1. The number of pyridine rings is 1. The highest BCUT2D eigenvalue weighted by Gasteiger charge is 2.26. The molecule has 1 rings (SSSR count). The first-order chi connectivity index (χ1) is 7.62. The van der Waals surface area contributed by atoms with Crippen molar-refractivity contribution in [3.05, 3.63) is 29.8 Å². The topological polar surface area (TPSA) is 54.4 Å². The second kappa shape index (κ2) is 5.89. The number of ether oxygens (including phenoxy) is 1. The molecule has 0 saturated carbocycles. The summed E-state index contributed by atoms with van der Waals surface area (Å²) in [7, 11) is 1.61. The molecule has 4 nitrogen and oxygen atoms in total. The van der Waals surface area contributed by atoms with Crippen LogP contribution in [0.2, 0.25) is 0 Å². The van der Waals surface area contributed by atoms with E-state index in [1.54, 1.807) is 13.2 Å². The Hall–Kier alpha value is -1.04. The zero-order valence-corrected chi connectivity index (χ0v) is 9.53. The smallest absolute Gasteiger partial charge is 0.141 e.